The second-order valence-electron chi connectivity index (χ2n) is 3.74. The molecule has 3 nitrogen and oxygen atoms in total. The Hall–Kier alpha value is -1.73. The van der Waals surface area contributed by atoms with Crippen molar-refractivity contribution in [1.29, 1.82) is 0 Å². The smallest absolute Gasteiger partial charge is 0.433 e. The van der Waals surface area contributed by atoms with Gasteiger partial charge >= 0.3 is 12.1 Å². The summed E-state index contributed by atoms with van der Waals surface area (Å²) in [5.41, 5.74) is -2.77. The number of ether oxygens (including phenoxy) is 1. The molecule has 8 heteroatoms. The van der Waals surface area contributed by atoms with Crippen LogP contribution in [0.2, 0.25) is 0 Å². The number of nitrogens with zero attached hydrogens (tertiary/aromatic N) is 1. The summed E-state index contributed by atoms with van der Waals surface area (Å²) in [4.78, 5) is 14.0. The first-order valence-corrected chi connectivity index (χ1v) is 5.09. The van der Waals surface area contributed by atoms with Crippen molar-refractivity contribution in [2.45, 2.75) is 25.9 Å². The number of rotatable bonds is 3. The molecule has 1 heterocycles. The molecule has 0 N–H and O–H groups in total. The monoisotopic (exact) mass is 283 g/mol. The van der Waals surface area contributed by atoms with Gasteiger partial charge < -0.3 is 4.74 Å². The largest absolute Gasteiger partial charge is 0.469 e. The van der Waals surface area contributed by atoms with Gasteiger partial charge in [0.1, 0.15) is 11.4 Å². The quantitative estimate of drug-likeness (QED) is 0.632. The Balaban J connectivity index is 3.35. The molecular formula is C11H10F5NO2. The Bertz CT molecular complexity index is 485. The first-order chi connectivity index (χ1) is 8.66. The maximum Gasteiger partial charge on any atom is 0.433 e. The molecule has 0 aliphatic carbocycles. The Morgan fingerprint density at radius 1 is 1.42 bits per heavy atom. The second kappa shape index (κ2) is 5.50. The minimum Gasteiger partial charge on any atom is -0.469 e. The summed E-state index contributed by atoms with van der Waals surface area (Å²) >= 11 is 0. The molecule has 19 heavy (non-hydrogen) atoms. The molecule has 0 radical (unpaired) electrons. The van der Waals surface area contributed by atoms with Crippen molar-refractivity contribution in [3.8, 4) is 0 Å². The van der Waals surface area contributed by atoms with Crippen LogP contribution in [0, 0.1) is 6.92 Å². The van der Waals surface area contributed by atoms with Gasteiger partial charge in [0.25, 0.3) is 6.43 Å². The molecule has 106 valence electrons. The van der Waals surface area contributed by atoms with Crippen molar-refractivity contribution in [3.05, 3.63) is 28.6 Å². The highest BCUT2D eigenvalue weighted by Gasteiger charge is 2.35. The highest BCUT2D eigenvalue weighted by molar-refractivity contribution is 5.73. The zero-order valence-electron chi connectivity index (χ0n) is 10.0. The molecule has 0 saturated heterocycles. The van der Waals surface area contributed by atoms with Crippen molar-refractivity contribution in [2.75, 3.05) is 7.11 Å². The van der Waals surface area contributed by atoms with Gasteiger partial charge in [-0.1, -0.05) is 0 Å². The number of carbonyl (C=O) groups excluding carboxylic acids is 1. The second-order valence-corrected chi connectivity index (χ2v) is 3.74. The van der Waals surface area contributed by atoms with E-state index in [4.69, 9.17) is 0 Å². The number of esters is 1. The zero-order valence-corrected chi connectivity index (χ0v) is 10.0. The average molecular weight is 283 g/mol. The fourth-order valence-electron chi connectivity index (χ4n) is 1.50. The number of aromatic nitrogens is 1. The molecule has 0 spiro atoms. The molecule has 1 aromatic heterocycles. The van der Waals surface area contributed by atoms with Crippen molar-refractivity contribution >= 4 is 5.97 Å². The molecule has 1 rings (SSSR count). The van der Waals surface area contributed by atoms with E-state index in [0.29, 0.717) is 6.07 Å². The van der Waals surface area contributed by atoms with Crippen LogP contribution >= 0.6 is 0 Å². The lowest BCUT2D eigenvalue weighted by Gasteiger charge is -2.14. The van der Waals surface area contributed by atoms with E-state index in [1.54, 1.807) is 0 Å². The van der Waals surface area contributed by atoms with E-state index in [0.717, 1.165) is 7.11 Å². The molecule has 0 aromatic carbocycles. The zero-order chi connectivity index (χ0) is 14.8. The van der Waals surface area contributed by atoms with Crippen molar-refractivity contribution in [1.82, 2.24) is 4.98 Å². The number of methoxy groups -OCH3 is 1. The van der Waals surface area contributed by atoms with Gasteiger partial charge in [0, 0.05) is 0 Å². The summed E-state index contributed by atoms with van der Waals surface area (Å²) in [6.07, 6.45) is -8.58. The van der Waals surface area contributed by atoms with Crippen LogP contribution in [0.1, 0.15) is 28.9 Å². The first kappa shape index (κ1) is 15.3. The predicted octanol–water partition coefficient (Wildman–Crippen LogP) is 3.06. The van der Waals surface area contributed by atoms with Crippen LogP contribution in [0.4, 0.5) is 22.0 Å². The van der Waals surface area contributed by atoms with Crippen LogP contribution in [0.5, 0.6) is 0 Å². The lowest BCUT2D eigenvalue weighted by molar-refractivity contribution is -0.141. The topological polar surface area (TPSA) is 39.2 Å². The number of aryl methyl sites for hydroxylation is 1. The Morgan fingerprint density at radius 3 is 2.42 bits per heavy atom. The number of alkyl halides is 5. The number of carbonyl (C=O) groups is 1. The van der Waals surface area contributed by atoms with Crippen LogP contribution in [-0.2, 0) is 22.1 Å². The van der Waals surface area contributed by atoms with E-state index in [2.05, 4.69) is 9.72 Å². The highest BCUT2D eigenvalue weighted by Crippen LogP contribution is 2.32. The third-order valence-corrected chi connectivity index (χ3v) is 2.43. The van der Waals surface area contributed by atoms with Crippen LogP contribution in [0.25, 0.3) is 0 Å². The predicted molar refractivity (Wildman–Crippen MR) is 54.7 cm³/mol. The standard InChI is InChI=1S/C11H10F5NO2/c1-5-3-7(11(14,15)16)17-9(10(12)13)6(5)4-8(18)19-2/h3,10H,4H2,1-2H3. The van der Waals surface area contributed by atoms with E-state index in [1.165, 1.54) is 6.92 Å². The molecular weight excluding hydrogens is 273 g/mol. The van der Waals surface area contributed by atoms with Gasteiger partial charge in [0.05, 0.1) is 13.5 Å². The minimum absolute atomic E-state index is 0.0805. The Morgan fingerprint density at radius 2 is 2.00 bits per heavy atom. The SMILES string of the molecule is COC(=O)Cc1c(C)cc(C(F)(F)F)nc1C(F)F. The molecule has 0 unspecified atom stereocenters. The minimum atomic E-state index is -4.82. The number of hydrogen-bond acceptors (Lipinski definition) is 3. The lowest BCUT2D eigenvalue weighted by Crippen LogP contribution is -2.15. The molecule has 0 fully saturated rings. The molecule has 1 aromatic rings. The van der Waals surface area contributed by atoms with Gasteiger partial charge in [-0.05, 0) is 24.1 Å². The first-order valence-electron chi connectivity index (χ1n) is 5.09. The lowest BCUT2D eigenvalue weighted by atomic mass is 10.0. The van der Waals surface area contributed by atoms with E-state index < -0.39 is 36.4 Å². The van der Waals surface area contributed by atoms with E-state index in [9.17, 15) is 26.7 Å². The Labute approximate surface area is 105 Å². The normalized spacial score (nSPS) is 11.8. The van der Waals surface area contributed by atoms with Crippen molar-refractivity contribution in [3.63, 3.8) is 0 Å². The summed E-state index contributed by atoms with van der Waals surface area (Å²) in [5.74, 6) is -0.827. The average Bonchev–Trinajstić information content (AvgIpc) is 2.29. The summed E-state index contributed by atoms with van der Waals surface area (Å²) < 4.78 is 67.2. The summed E-state index contributed by atoms with van der Waals surface area (Å²) in [7, 11) is 1.05. The van der Waals surface area contributed by atoms with Gasteiger partial charge in [-0.15, -0.1) is 0 Å². The van der Waals surface area contributed by atoms with Crippen LogP contribution < -0.4 is 0 Å². The number of pyridine rings is 1. The van der Waals surface area contributed by atoms with Gasteiger partial charge in [-0.2, -0.15) is 13.2 Å². The van der Waals surface area contributed by atoms with Crippen LogP contribution in [0.3, 0.4) is 0 Å². The molecule has 0 amide bonds. The summed E-state index contributed by atoms with van der Waals surface area (Å²) in [6.45, 7) is 1.21. The van der Waals surface area contributed by atoms with Crippen LogP contribution in [0.15, 0.2) is 6.07 Å². The van der Waals surface area contributed by atoms with Gasteiger partial charge in [0.2, 0.25) is 0 Å². The third kappa shape index (κ3) is 3.62. The summed E-state index contributed by atoms with van der Waals surface area (Å²) in [6, 6.07) is 0.629. The fraction of sp³-hybridized carbons (Fsp3) is 0.455. The maximum atomic E-state index is 12.7. The van der Waals surface area contributed by atoms with E-state index in [-0.39, 0.29) is 11.1 Å². The molecule has 0 saturated carbocycles. The number of hydrogen-bond donors (Lipinski definition) is 0. The van der Waals surface area contributed by atoms with Gasteiger partial charge in [-0.3, -0.25) is 4.79 Å². The van der Waals surface area contributed by atoms with Crippen molar-refractivity contribution < 1.29 is 31.5 Å². The van der Waals surface area contributed by atoms with E-state index >= 15 is 0 Å². The summed E-state index contributed by atoms with van der Waals surface area (Å²) in [5, 5.41) is 0. The van der Waals surface area contributed by atoms with Gasteiger partial charge in [-0.25, -0.2) is 13.8 Å². The van der Waals surface area contributed by atoms with E-state index in [1.807, 2.05) is 0 Å². The molecule has 0 aliphatic heterocycles. The Kier molecular flexibility index (Phi) is 4.43. The van der Waals surface area contributed by atoms with Crippen LogP contribution in [-0.4, -0.2) is 18.1 Å². The molecule has 0 atom stereocenters. The molecule has 0 aliphatic rings. The molecule has 0 bridgehead atoms. The fourth-order valence-corrected chi connectivity index (χ4v) is 1.50. The number of halogens is 5. The van der Waals surface area contributed by atoms with Crippen molar-refractivity contribution in [2.24, 2.45) is 0 Å². The highest BCUT2D eigenvalue weighted by atomic mass is 19.4. The maximum absolute atomic E-state index is 12.7. The van der Waals surface area contributed by atoms with Gasteiger partial charge in [0.15, 0.2) is 0 Å². The third-order valence-electron chi connectivity index (χ3n) is 2.43.